The Morgan fingerprint density at radius 2 is 1.76 bits per heavy atom. The molecule has 4 heterocycles. The molecule has 0 bridgehead atoms. The van der Waals surface area contributed by atoms with Gasteiger partial charge in [0.2, 0.25) is 17.7 Å². The summed E-state index contributed by atoms with van der Waals surface area (Å²) in [5, 5.41) is 5.48. The van der Waals surface area contributed by atoms with E-state index in [4.69, 9.17) is 0 Å². The third-order valence-corrected chi connectivity index (χ3v) is 6.99. The average Bonchev–Trinajstić information content (AvgIpc) is 3.09. The molecule has 0 saturated carbocycles. The lowest BCUT2D eigenvalue weighted by Crippen LogP contribution is -2.54. The summed E-state index contributed by atoms with van der Waals surface area (Å²) < 4.78 is 0. The van der Waals surface area contributed by atoms with E-state index in [1.807, 2.05) is 9.80 Å². The van der Waals surface area contributed by atoms with Crippen LogP contribution in [0, 0.1) is 5.92 Å². The van der Waals surface area contributed by atoms with Crippen LogP contribution in [0.4, 0.5) is 5.69 Å². The van der Waals surface area contributed by atoms with E-state index in [9.17, 15) is 24.0 Å². The smallest absolute Gasteiger partial charge is 0.264 e. The zero-order valence-electron chi connectivity index (χ0n) is 18.3. The predicted molar refractivity (Wildman–Crippen MR) is 118 cm³/mol. The second-order valence-corrected chi connectivity index (χ2v) is 9.01. The van der Waals surface area contributed by atoms with Gasteiger partial charge in [0.05, 0.1) is 22.7 Å². The van der Waals surface area contributed by atoms with Crippen LogP contribution in [0.2, 0.25) is 0 Å². The second kappa shape index (κ2) is 8.58. The van der Waals surface area contributed by atoms with E-state index in [2.05, 4.69) is 10.6 Å². The number of nitrogens with zero attached hydrogens (tertiary/aromatic N) is 3. The van der Waals surface area contributed by atoms with Crippen molar-refractivity contribution in [1.82, 2.24) is 20.4 Å². The Bertz CT molecular complexity index is 1030. The van der Waals surface area contributed by atoms with Gasteiger partial charge in [-0.25, -0.2) is 0 Å². The number of carbonyl (C=O) groups is 5. The molecule has 5 rings (SSSR count). The lowest BCUT2D eigenvalue weighted by molar-refractivity contribution is -0.137. The fourth-order valence-corrected chi connectivity index (χ4v) is 5.30. The molecule has 0 spiro atoms. The largest absolute Gasteiger partial charge is 0.370 e. The third kappa shape index (κ3) is 3.78. The van der Waals surface area contributed by atoms with Gasteiger partial charge >= 0.3 is 0 Å². The maximum absolute atomic E-state index is 13.4. The number of hydrogen-bond acceptors (Lipinski definition) is 7. The second-order valence-electron chi connectivity index (χ2n) is 9.01. The minimum atomic E-state index is -0.994. The van der Waals surface area contributed by atoms with E-state index < -0.39 is 29.7 Å². The maximum Gasteiger partial charge on any atom is 0.264 e. The molecule has 2 unspecified atom stereocenters. The zero-order valence-corrected chi connectivity index (χ0v) is 18.3. The lowest BCUT2D eigenvalue weighted by Gasteiger charge is -2.38. The van der Waals surface area contributed by atoms with Crippen LogP contribution in [-0.2, 0) is 14.4 Å². The molecular formula is C23H27N5O5. The average molecular weight is 453 g/mol. The Balaban J connectivity index is 1.39. The molecule has 10 heteroatoms. The van der Waals surface area contributed by atoms with Crippen LogP contribution in [0.15, 0.2) is 18.2 Å². The van der Waals surface area contributed by atoms with Crippen LogP contribution in [0.3, 0.4) is 0 Å². The van der Waals surface area contributed by atoms with Gasteiger partial charge in [-0.2, -0.15) is 0 Å². The van der Waals surface area contributed by atoms with Crippen molar-refractivity contribution in [1.29, 1.82) is 0 Å². The van der Waals surface area contributed by atoms with Crippen molar-refractivity contribution in [2.75, 3.05) is 44.2 Å². The lowest BCUT2D eigenvalue weighted by atomic mass is 9.94. The van der Waals surface area contributed by atoms with Gasteiger partial charge in [-0.15, -0.1) is 0 Å². The van der Waals surface area contributed by atoms with Gasteiger partial charge in [0.25, 0.3) is 11.8 Å². The van der Waals surface area contributed by atoms with Crippen molar-refractivity contribution >= 4 is 35.2 Å². The molecule has 1 aromatic carbocycles. The van der Waals surface area contributed by atoms with Crippen LogP contribution < -0.4 is 15.5 Å². The highest BCUT2D eigenvalue weighted by Gasteiger charge is 2.46. The highest BCUT2D eigenvalue weighted by Crippen LogP contribution is 2.36. The Morgan fingerprint density at radius 3 is 2.52 bits per heavy atom. The molecule has 4 aliphatic heterocycles. The molecule has 0 aliphatic carbocycles. The molecule has 0 radical (unpaired) electrons. The fourth-order valence-electron chi connectivity index (χ4n) is 5.30. The number of hydrogen-bond donors (Lipinski definition) is 2. The summed E-state index contributed by atoms with van der Waals surface area (Å²) in [5.74, 6) is -2.08. The summed E-state index contributed by atoms with van der Waals surface area (Å²) in [6, 6.07) is 4.13. The maximum atomic E-state index is 13.4. The first-order chi connectivity index (χ1) is 16.0. The monoisotopic (exact) mass is 453 g/mol. The number of fused-ring (bicyclic) bond motifs is 1. The van der Waals surface area contributed by atoms with Gasteiger partial charge < -0.3 is 15.1 Å². The van der Waals surface area contributed by atoms with Crippen LogP contribution in [0.5, 0.6) is 0 Å². The number of carbonyl (C=O) groups excluding carboxylic acids is 5. The summed E-state index contributed by atoms with van der Waals surface area (Å²) in [7, 11) is 0. The van der Waals surface area contributed by atoms with Crippen LogP contribution >= 0.6 is 0 Å². The molecule has 2 N–H and O–H groups in total. The van der Waals surface area contributed by atoms with Crippen LogP contribution in [0.25, 0.3) is 0 Å². The highest BCUT2D eigenvalue weighted by atomic mass is 16.2. The minimum absolute atomic E-state index is 0.0820. The van der Waals surface area contributed by atoms with Gasteiger partial charge in [-0.3, -0.25) is 34.2 Å². The number of piperidine rings is 2. The molecule has 4 aliphatic rings. The normalized spacial score (nSPS) is 25.9. The number of piperazine rings is 1. The number of amides is 5. The Kier molecular flexibility index (Phi) is 5.61. The van der Waals surface area contributed by atoms with E-state index in [-0.39, 0.29) is 35.8 Å². The minimum Gasteiger partial charge on any atom is -0.370 e. The third-order valence-electron chi connectivity index (χ3n) is 6.99. The summed E-state index contributed by atoms with van der Waals surface area (Å²) >= 11 is 0. The zero-order chi connectivity index (χ0) is 23.1. The van der Waals surface area contributed by atoms with Crippen molar-refractivity contribution < 1.29 is 24.0 Å². The van der Waals surface area contributed by atoms with E-state index in [1.165, 1.54) is 0 Å². The standard InChI is InChI=1S/C23H27N5O5/c29-18-7-6-17(20(30)25-18)28-22(32)15-4-1-5-16(19(15)23(28)33)27-10-2-3-14(13-27)21(31)26-11-8-24-9-12-26/h1,4-5,14,17,24H,2-3,6-13H2,(H,25,29,30). The number of benzene rings is 1. The van der Waals surface area contributed by atoms with Gasteiger partial charge in [0, 0.05) is 45.7 Å². The molecule has 33 heavy (non-hydrogen) atoms. The summed E-state index contributed by atoms with van der Waals surface area (Å²) in [6.07, 6.45) is 1.81. The first kappa shape index (κ1) is 21.6. The Hall–Kier alpha value is -3.27. The fraction of sp³-hybridized carbons (Fsp3) is 0.522. The molecule has 174 valence electrons. The van der Waals surface area contributed by atoms with Gasteiger partial charge in [-0.1, -0.05) is 6.07 Å². The molecule has 5 amide bonds. The molecule has 3 fully saturated rings. The number of anilines is 1. The van der Waals surface area contributed by atoms with Crippen molar-refractivity contribution in [2.45, 2.75) is 31.7 Å². The molecule has 10 nitrogen and oxygen atoms in total. The van der Waals surface area contributed by atoms with Crippen molar-refractivity contribution in [3.63, 3.8) is 0 Å². The Labute approximate surface area is 191 Å². The van der Waals surface area contributed by atoms with Gasteiger partial charge in [-0.05, 0) is 31.4 Å². The van der Waals surface area contributed by atoms with Crippen molar-refractivity contribution in [2.24, 2.45) is 5.92 Å². The number of rotatable bonds is 3. The number of nitrogens with one attached hydrogen (secondary N) is 2. The predicted octanol–water partition coefficient (Wildman–Crippen LogP) is -0.264. The molecular weight excluding hydrogens is 426 g/mol. The summed E-state index contributed by atoms with van der Waals surface area (Å²) in [5.41, 5.74) is 1.17. The quantitative estimate of drug-likeness (QED) is 0.605. The van der Waals surface area contributed by atoms with Crippen molar-refractivity contribution in [3.05, 3.63) is 29.3 Å². The van der Waals surface area contributed by atoms with Crippen molar-refractivity contribution in [3.8, 4) is 0 Å². The van der Waals surface area contributed by atoms with E-state index in [1.54, 1.807) is 18.2 Å². The highest BCUT2D eigenvalue weighted by molar-refractivity contribution is 6.25. The van der Waals surface area contributed by atoms with E-state index >= 15 is 0 Å². The van der Waals surface area contributed by atoms with E-state index in [0.29, 0.717) is 31.9 Å². The number of imide groups is 2. The summed E-state index contributed by atoms with van der Waals surface area (Å²) in [6.45, 7) is 4.15. The Morgan fingerprint density at radius 1 is 0.970 bits per heavy atom. The topological polar surface area (TPSA) is 119 Å². The SMILES string of the molecule is O=C1CCC(N2C(=O)c3cccc(N4CCCC(C(=O)N5CCNCC5)C4)c3C2=O)C(=O)N1. The van der Waals surface area contributed by atoms with Gasteiger partial charge in [0.1, 0.15) is 6.04 Å². The first-order valence-electron chi connectivity index (χ1n) is 11.5. The first-order valence-corrected chi connectivity index (χ1v) is 11.5. The summed E-state index contributed by atoms with van der Waals surface area (Å²) in [4.78, 5) is 68.3. The van der Waals surface area contributed by atoms with Crippen LogP contribution in [0.1, 0.15) is 46.4 Å². The molecule has 3 saturated heterocycles. The van der Waals surface area contributed by atoms with Gasteiger partial charge in [0.15, 0.2) is 0 Å². The molecule has 1 aromatic rings. The van der Waals surface area contributed by atoms with Crippen LogP contribution in [-0.4, -0.2) is 84.6 Å². The molecule has 0 aromatic heterocycles. The molecule has 2 atom stereocenters. The van der Waals surface area contributed by atoms with E-state index in [0.717, 1.165) is 30.8 Å².